The Hall–Kier alpha value is -1.87. The van der Waals surface area contributed by atoms with Crippen LogP contribution >= 0.6 is 11.6 Å². The van der Waals surface area contributed by atoms with Crippen LogP contribution in [0.1, 0.15) is 21.5 Å². The molecule has 19 heavy (non-hydrogen) atoms. The first-order chi connectivity index (χ1) is 8.99. The van der Waals surface area contributed by atoms with Gasteiger partial charge in [-0.25, -0.2) is 4.39 Å². The number of ketones is 1. The van der Waals surface area contributed by atoms with Gasteiger partial charge in [0.05, 0.1) is 0 Å². The fourth-order valence-electron chi connectivity index (χ4n) is 1.78. The van der Waals surface area contributed by atoms with Crippen LogP contribution in [0.25, 0.3) is 0 Å². The first-order valence-electron chi connectivity index (χ1n) is 5.81. The van der Waals surface area contributed by atoms with Gasteiger partial charge in [-0.15, -0.1) is 0 Å². The Morgan fingerprint density at radius 2 is 2.05 bits per heavy atom. The van der Waals surface area contributed by atoms with Gasteiger partial charge in [0.25, 0.3) is 0 Å². The van der Waals surface area contributed by atoms with Crippen LogP contribution in [-0.4, -0.2) is 5.78 Å². The molecule has 2 N–H and O–H groups in total. The minimum absolute atomic E-state index is 0.0754. The molecule has 0 saturated heterocycles. The van der Waals surface area contributed by atoms with Crippen molar-refractivity contribution in [1.29, 1.82) is 0 Å². The Morgan fingerprint density at radius 3 is 2.68 bits per heavy atom. The Bertz CT molecular complexity index is 620. The largest absolute Gasteiger partial charge is 0.398 e. The summed E-state index contributed by atoms with van der Waals surface area (Å²) in [7, 11) is 0. The SMILES string of the molecule is Cc1ccc(C(=O)Cc2c(F)cccc2Cl)cc1N. The third-order valence-electron chi connectivity index (χ3n) is 3.00. The van der Waals surface area contributed by atoms with Crippen molar-refractivity contribution in [2.75, 3.05) is 5.73 Å². The number of Topliss-reactive ketones (excluding diaryl/α,β-unsaturated/α-hetero) is 1. The molecule has 0 aliphatic heterocycles. The van der Waals surface area contributed by atoms with Gasteiger partial charge in [-0.3, -0.25) is 4.79 Å². The fraction of sp³-hybridized carbons (Fsp3) is 0.133. The normalized spacial score (nSPS) is 10.5. The Labute approximate surface area is 116 Å². The molecule has 0 heterocycles. The molecule has 0 bridgehead atoms. The van der Waals surface area contributed by atoms with E-state index in [-0.39, 0.29) is 22.8 Å². The summed E-state index contributed by atoms with van der Waals surface area (Å²) in [6.07, 6.45) is -0.0754. The zero-order chi connectivity index (χ0) is 14.0. The van der Waals surface area contributed by atoms with Crippen LogP contribution in [0.15, 0.2) is 36.4 Å². The van der Waals surface area contributed by atoms with Crippen LogP contribution in [0.2, 0.25) is 5.02 Å². The third kappa shape index (κ3) is 2.93. The Balaban J connectivity index is 2.28. The highest BCUT2D eigenvalue weighted by atomic mass is 35.5. The summed E-state index contributed by atoms with van der Waals surface area (Å²) in [4.78, 5) is 12.1. The van der Waals surface area contributed by atoms with Crippen molar-refractivity contribution >= 4 is 23.1 Å². The highest BCUT2D eigenvalue weighted by molar-refractivity contribution is 6.31. The molecule has 0 aliphatic rings. The summed E-state index contributed by atoms with van der Waals surface area (Å²) >= 11 is 5.90. The van der Waals surface area contributed by atoms with Crippen molar-refractivity contribution in [1.82, 2.24) is 0 Å². The summed E-state index contributed by atoms with van der Waals surface area (Å²) in [5.74, 6) is -0.681. The molecule has 0 aliphatic carbocycles. The summed E-state index contributed by atoms with van der Waals surface area (Å²) in [5, 5.41) is 0.258. The van der Waals surface area contributed by atoms with Gasteiger partial charge in [0.2, 0.25) is 0 Å². The molecule has 0 spiro atoms. The van der Waals surface area contributed by atoms with Gasteiger partial charge in [0.1, 0.15) is 5.82 Å². The lowest BCUT2D eigenvalue weighted by Gasteiger charge is -2.07. The van der Waals surface area contributed by atoms with Crippen LogP contribution in [-0.2, 0) is 6.42 Å². The van der Waals surface area contributed by atoms with Crippen molar-refractivity contribution < 1.29 is 9.18 Å². The second kappa shape index (κ2) is 5.41. The summed E-state index contributed by atoms with van der Waals surface area (Å²) in [6.45, 7) is 1.86. The van der Waals surface area contributed by atoms with Crippen LogP contribution in [0.5, 0.6) is 0 Å². The maximum absolute atomic E-state index is 13.6. The Kier molecular flexibility index (Phi) is 3.86. The van der Waals surface area contributed by atoms with E-state index in [1.807, 2.05) is 6.92 Å². The minimum Gasteiger partial charge on any atom is -0.398 e. The molecule has 0 atom stereocenters. The lowest BCUT2D eigenvalue weighted by atomic mass is 10.0. The topological polar surface area (TPSA) is 43.1 Å². The van der Waals surface area contributed by atoms with Gasteiger partial charge in [-0.2, -0.15) is 0 Å². The van der Waals surface area contributed by atoms with Gasteiger partial charge in [0.15, 0.2) is 5.78 Å². The average Bonchev–Trinajstić information content (AvgIpc) is 2.37. The van der Waals surface area contributed by atoms with Crippen molar-refractivity contribution in [3.63, 3.8) is 0 Å². The van der Waals surface area contributed by atoms with Gasteiger partial charge < -0.3 is 5.73 Å². The van der Waals surface area contributed by atoms with Gasteiger partial charge in [-0.05, 0) is 30.7 Å². The average molecular weight is 278 g/mol. The molecule has 0 amide bonds. The fourth-order valence-corrected chi connectivity index (χ4v) is 2.01. The highest BCUT2D eigenvalue weighted by Crippen LogP contribution is 2.22. The van der Waals surface area contributed by atoms with Crippen LogP contribution in [0, 0.1) is 12.7 Å². The quantitative estimate of drug-likeness (QED) is 0.685. The van der Waals surface area contributed by atoms with Gasteiger partial charge in [0, 0.05) is 28.3 Å². The lowest BCUT2D eigenvalue weighted by molar-refractivity contribution is 0.0992. The molecule has 0 radical (unpaired) electrons. The van der Waals surface area contributed by atoms with Crippen molar-refractivity contribution in [3.8, 4) is 0 Å². The number of hydrogen-bond donors (Lipinski definition) is 1. The standard InChI is InChI=1S/C15H13ClFNO/c1-9-5-6-10(7-14(9)18)15(19)8-11-12(16)3-2-4-13(11)17/h2-7H,8,18H2,1H3. The number of benzene rings is 2. The van der Waals surface area contributed by atoms with E-state index >= 15 is 0 Å². The monoisotopic (exact) mass is 277 g/mol. The second-order valence-corrected chi connectivity index (χ2v) is 4.78. The lowest BCUT2D eigenvalue weighted by Crippen LogP contribution is -2.07. The molecule has 2 rings (SSSR count). The number of carbonyl (C=O) groups is 1. The molecule has 2 aromatic rings. The number of aryl methyl sites for hydroxylation is 1. The second-order valence-electron chi connectivity index (χ2n) is 4.37. The van der Waals surface area contributed by atoms with Crippen LogP contribution in [0.4, 0.5) is 10.1 Å². The number of carbonyl (C=O) groups excluding carboxylic acids is 1. The summed E-state index contributed by atoms with van der Waals surface area (Å²) in [5.41, 5.74) is 7.89. The zero-order valence-electron chi connectivity index (χ0n) is 10.4. The van der Waals surface area contributed by atoms with Crippen molar-refractivity contribution in [3.05, 3.63) is 63.9 Å². The van der Waals surface area contributed by atoms with E-state index in [1.165, 1.54) is 12.1 Å². The number of hydrogen-bond acceptors (Lipinski definition) is 2. The maximum Gasteiger partial charge on any atom is 0.167 e. The molecule has 0 unspecified atom stereocenters. The molecule has 2 nitrogen and oxygen atoms in total. The summed E-state index contributed by atoms with van der Waals surface area (Å²) in [6, 6.07) is 9.42. The molecule has 4 heteroatoms. The van der Waals surface area contributed by atoms with E-state index in [9.17, 15) is 9.18 Å². The molecular weight excluding hydrogens is 265 g/mol. The third-order valence-corrected chi connectivity index (χ3v) is 3.35. The van der Waals surface area contributed by atoms with E-state index < -0.39 is 5.82 Å². The molecular formula is C15H13ClFNO. The van der Waals surface area contributed by atoms with E-state index in [0.29, 0.717) is 11.3 Å². The number of rotatable bonds is 3. The van der Waals surface area contributed by atoms with Gasteiger partial charge >= 0.3 is 0 Å². The number of halogens is 2. The first-order valence-corrected chi connectivity index (χ1v) is 6.19. The Morgan fingerprint density at radius 1 is 1.32 bits per heavy atom. The van der Waals surface area contributed by atoms with Crippen molar-refractivity contribution in [2.24, 2.45) is 0 Å². The highest BCUT2D eigenvalue weighted by Gasteiger charge is 2.14. The summed E-state index contributed by atoms with van der Waals surface area (Å²) < 4.78 is 13.6. The first kappa shape index (κ1) is 13.6. The molecule has 0 fully saturated rings. The molecule has 98 valence electrons. The predicted octanol–water partition coefficient (Wildman–Crippen LogP) is 3.80. The van der Waals surface area contributed by atoms with Crippen molar-refractivity contribution in [2.45, 2.75) is 13.3 Å². The number of nitrogen functional groups attached to an aromatic ring is 1. The smallest absolute Gasteiger partial charge is 0.167 e. The molecule has 2 aromatic carbocycles. The molecule has 0 saturated carbocycles. The number of anilines is 1. The number of nitrogens with two attached hydrogens (primary N) is 1. The minimum atomic E-state index is -0.471. The van der Waals surface area contributed by atoms with Gasteiger partial charge in [-0.1, -0.05) is 29.8 Å². The maximum atomic E-state index is 13.6. The van der Waals surface area contributed by atoms with E-state index in [2.05, 4.69) is 0 Å². The van der Waals surface area contributed by atoms with E-state index in [4.69, 9.17) is 17.3 Å². The van der Waals surface area contributed by atoms with E-state index in [1.54, 1.807) is 24.3 Å². The van der Waals surface area contributed by atoms with E-state index in [0.717, 1.165) is 5.56 Å². The predicted molar refractivity (Wildman–Crippen MR) is 75.0 cm³/mol. The van der Waals surface area contributed by atoms with Crippen LogP contribution < -0.4 is 5.73 Å². The zero-order valence-corrected chi connectivity index (χ0v) is 11.2. The molecule has 0 aromatic heterocycles. The van der Waals surface area contributed by atoms with Crippen LogP contribution in [0.3, 0.4) is 0 Å².